The summed E-state index contributed by atoms with van der Waals surface area (Å²) in [5.41, 5.74) is 0.716. The van der Waals surface area contributed by atoms with Gasteiger partial charge in [-0.1, -0.05) is 52.4 Å². The fourth-order valence-electron chi connectivity index (χ4n) is 7.67. The molecule has 0 bridgehead atoms. The molecule has 6 unspecified atom stereocenters. The molecule has 6 atom stereocenters. The second-order valence-electron chi connectivity index (χ2n) is 9.46. The second-order valence-corrected chi connectivity index (χ2v) is 9.46. The first-order valence-electron chi connectivity index (χ1n) is 10.2. The van der Waals surface area contributed by atoms with E-state index < -0.39 is 0 Å². The Balaban J connectivity index is 1.62. The van der Waals surface area contributed by atoms with Crippen LogP contribution in [0.5, 0.6) is 0 Å². The van der Waals surface area contributed by atoms with E-state index in [0.29, 0.717) is 5.41 Å². The molecule has 4 rings (SSSR count). The van der Waals surface area contributed by atoms with Gasteiger partial charge in [-0.15, -0.1) is 0 Å². The van der Waals surface area contributed by atoms with Gasteiger partial charge < -0.3 is 0 Å². The third-order valence-corrected chi connectivity index (χ3v) is 8.62. The summed E-state index contributed by atoms with van der Waals surface area (Å²) in [6.45, 7) is 5.33. The van der Waals surface area contributed by atoms with Crippen LogP contribution in [0, 0.1) is 40.9 Å². The zero-order valence-corrected chi connectivity index (χ0v) is 14.4. The molecule has 21 heavy (non-hydrogen) atoms. The standard InChI is InChI=1S/C21H36/c1-15-16-9-4-5-10-18(16)20-17(15)11-8-12-19(20)21(2)13-6-3-7-14-21/h15-20H,3-14H2,1-2H3. The summed E-state index contributed by atoms with van der Waals surface area (Å²) in [5, 5.41) is 0. The van der Waals surface area contributed by atoms with Gasteiger partial charge in [0, 0.05) is 0 Å². The summed E-state index contributed by atoms with van der Waals surface area (Å²) in [5.74, 6) is 6.62. The molecular weight excluding hydrogens is 252 g/mol. The average molecular weight is 289 g/mol. The lowest BCUT2D eigenvalue weighted by atomic mass is 9.55. The Hall–Kier alpha value is 0. The van der Waals surface area contributed by atoms with Crippen LogP contribution < -0.4 is 0 Å². The topological polar surface area (TPSA) is 0 Å². The minimum atomic E-state index is 0.716. The first-order chi connectivity index (χ1) is 10.2. The van der Waals surface area contributed by atoms with E-state index >= 15 is 0 Å². The maximum atomic E-state index is 2.69. The molecule has 0 aromatic rings. The van der Waals surface area contributed by atoms with Crippen LogP contribution in [-0.4, -0.2) is 0 Å². The molecule has 0 aliphatic heterocycles. The van der Waals surface area contributed by atoms with E-state index in [2.05, 4.69) is 13.8 Å². The van der Waals surface area contributed by atoms with Gasteiger partial charge in [0.2, 0.25) is 0 Å². The van der Waals surface area contributed by atoms with E-state index in [4.69, 9.17) is 0 Å². The number of hydrogen-bond acceptors (Lipinski definition) is 0. The third kappa shape index (κ3) is 2.31. The normalized spacial score (nSPS) is 49.4. The highest BCUT2D eigenvalue weighted by Crippen LogP contribution is 2.63. The predicted molar refractivity (Wildman–Crippen MR) is 90.1 cm³/mol. The van der Waals surface area contributed by atoms with Crippen LogP contribution in [0.3, 0.4) is 0 Å². The van der Waals surface area contributed by atoms with Crippen LogP contribution in [-0.2, 0) is 0 Å². The number of rotatable bonds is 1. The lowest BCUT2D eigenvalue weighted by molar-refractivity contribution is -0.00447. The Bertz CT molecular complexity index is 364. The molecule has 0 N–H and O–H groups in total. The number of fused-ring (bicyclic) bond motifs is 3. The van der Waals surface area contributed by atoms with E-state index in [1.54, 1.807) is 51.4 Å². The zero-order valence-electron chi connectivity index (χ0n) is 14.4. The summed E-state index contributed by atoms with van der Waals surface area (Å²) in [6, 6.07) is 0. The van der Waals surface area contributed by atoms with Gasteiger partial charge in [0.05, 0.1) is 0 Å². The maximum absolute atomic E-state index is 2.69. The molecule has 0 aromatic carbocycles. The molecule has 4 aliphatic rings. The Morgan fingerprint density at radius 3 is 2.10 bits per heavy atom. The van der Waals surface area contributed by atoms with Crippen molar-refractivity contribution in [2.24, 2.45) is 40.9 Å². The van der Waals surface area contributed by atoms with Crippen LogP contribution in [0.2, 0.25) is 0 Å². The Morgan fingerprint density at radius 2 is 1.33 bits per heavy atom. The van der Waals surface area contributed by atoms with E-state index in [1.165, 1.54) is 25.7 Å². The van der Waals surface area contributed by atoms with Crippen LogP contribution in [0.1, 0.15) is 90.9 Å². The zero-order chi connectivity index (χ0) is 14.4. The SMILES string of the molecule is CC1C2CCCCC2C2C1CCCC2C1(C)CCCCC1. The quantitative estimate of drug-likeness (QED) is 0.520. The molecule has 0 nitrogen and oxygen atoms in total. The lowest BCUT2D eigenvalue weighted by Crippen LogP contribution is -2.41. The lowest BCUT2D eigenvalue weighted by Gasteiger charge is -2.50. The Labute approximate surface area is 132 Å². The van der Waals surface area contributed by atoms with Crippen LogP contribution in [0.4, 0.5) is 0 Å². The molecule has 0 spiro atoms. The Kier molecular flexibility index (Phi) is 3.87. The molecule has 120 valence electrons. The predicted octanol–water partition coefficient (Wildman–Crippen LogP) is 6.45. The third-order valence-electron chi connectivity index (χ3n) is 8.62. The van der Waals surface area contributed by atoms with Gasteiger partial charge in [0.25, 0.3) is 0 Å². The van der Waals surface area contributed by atoms with Gasteiger partial charge in [0.1, 0.15) is 0 Å². The molecule has 4 saturated carbocycles. The van der Waals surface area contributed by atoms with Crippen molar-refractivity contribution >= 4 is 0 Å². The summed E-state index contributed by atoms with van der Waals surface area (Å²) in [4.78, 5) is 0. The second kappa shape index (κ2) is 5.57. The van der Waals surface area contributed by atoms with Crippen molar-refractivity contribution in [3.63, 3.8) is 0 Å². The summed E-state index contributed by atoms with van der Waals surface area (Å²) in [7, 11) is 0. The van der Waals surface area contributed by atoms with Gasteiger partial charge in [-0.25, -0.2) is 0 Å². The molecule has 0 heteroatoms. The van der Waals surface area contributed by atoms with Crippen molar-refractivity contribution in [2.75, 3.05) is 0 Å². The largest absolute Gasteiger partial charge is 0.0620 e. The molecule has 4 fully saturated rings. The Morgan fingerprint density at radius 1 is 0.667 bits per heavy atom. The van der Waals surface area contributed by atoms with Gasteiger partial charge in [-0.2, -0.15) is 0 Å². The van der Waals surface area contributed by atoms with Crippen molar-refractivity contribution in [3.8, 4) is 0 Å². The molecule has 0 saturated heterocycles. The van der Waals surface area contributed by atoms with Crippen LogP contribution in [0.25, 0.3) is 0 Å². The smallest absolute Gasteiger partial charge is 0.0295 e. The minimum Gasteiger partial charge on any atom is -0.0620 e. The van der Waals surface area contributed by atoms with E-state index in [0.717, 1.165) is 35.5 Å². The average Bonchev–Trinajstić information content (AvgIpc) is 2.82. The van der Waals surface area contributed by atoms with Crippen molar-refractivity contribution in [1.82, 2.24) is 0 Å². The van der Waals surface area contributed by atoms with Gasteiger partial charge in [0.15, 0.2) is 0 Å². The van der Waals surface area contributed by atoms with Crippen molar-refractivity contribution < 1.29 is 0 Å². The minimum absolute atomic E-state index is 0.716. The van der Waals surface area contributed by atoms with E-state index in [1.807, 2.05) is 0 Å². The summed E-state index contributed by atoms with van der Waals surface area (Å²) in [6.07, 6.45) is 18.6. The maximum Gasteiger partial charge on any atom is -0.0295 e. The highest BCUT2D eigenvalue weighted by molar-refractivity contribution is 5.04. The van der Waals surface area contributed by atoms with Crippen LogP contribution >= 0.6 is 0 Å². The first-order valence-corrected chi connectivity index (χ1v) is 10.2. The molecule has 0 heterocycles. The highest BCUT2D eigenvalue weighted by Gasteiger charge is 2.55. The monoisotopic (exact) mass is 288 g/mol. The molecule has 0 aromatic heterocycles. The van der Waals surface area contributed by atoms with Crippen LogP contribution in [0.15, 0.2) is 0 Å². The molecular formula is C21H36. The van der Waals surface area contributed by atoms with Crippen molar-refractivity contribution in [2.45, 2.75) is 90.9 Å². The van der Waals surface area contributed by atoms with Gasteiger partial charge in [-0.05, 0) is 79.4 Å². The number of hydrogen-bond donors (Lipinski definition) is 0. The molecule has 0 amide bonds. The summed E-state index contributed by atoms with van der Waals surface area (Å²) < 4.78 is 0. The highest BCUT2D eigenvalue weighted by atomic mass is 14.6. The molecule has 4 aliphatic carbocycles. The fraction of sp³-hybridized carbons (Fsp3) is 1.00. The molecule has 0 radical (unpaired) electrons. The van der Waals surface area contributed by atoms with Crippen molar-refractivity contribution in [3.05, 3.63) is 0 Å². The van der Waals surface area contributed by atoms with Gasteiger partial charge in [-0.3, -0.25) is 0 Å². The fourth-order valence-corrected chi connectivity index (χ4v) is 7.67. The van der Waals surface area contributed by atoms with Gasteiger partial charge >= 0.3 is 0 Å². The first kappa shape index (κ1) is 14.6. The summed E-state index contributed by atoms with van der Waals surface area (Å²) >= 11 is 0. The van der Waals surface area contributed by atoms with E-state index in [9.17, 15) is 0 Å². The van der Waals surface area contributed by atoms with E-state index in [-0.39, 0.29) is 0 Å². The van der Waals surface area contributed by atoms with Crippen molar-refractivity contribution in [1.29, 1.82) is 0 Å².